The summed E-state index contributed by atoms with van der Waals surface area (Å²) in [6, 6.07) is 0. The Labute approximate surface area is 50.2 Å². The minimum Gasteiger partial charge on any atom is -0.0898 e. The van der Waals surface area contributed by atoms with Crippen LogP contribution < -0.4 is 0 Å². The highest BCUT2D eigenvalue weighted by Crippen LogP contribution is 2.00. The van der Waals surface area contributed by atoms with Crippen molar-refractivity contribution >= 4 is 11.6 Å². The lowest BCUT2D eigenvalue weighted by Gasteiger charge is -1.82. The molecule has 0 fully saturated rings. The molecule has 0 aromatic rings. The van der Waals surface area contributed by atoms with Gasteiger partial charge in [0.05, 0.1) is 0 Å². The maximum absolute atomic E-state index is 5.52. The van der Waals surface area contributed by atoms with Gasteiger partial charge in [0.2, 0.25) is 0 Å². The molecule has 0 radical (unpaired) electrons. The second-order valence-electron chi connectivity index (χ2n) is 1.58. The Bertz CT molecular complexity index is 60.6. The molecule has 0 saturated carbocycles. The highest BCUT2D eigenvalue weighted by Gasteiger charge is 1.75. The van der Waals surface area contributed by atoms with E-state index in [-0.39, 0.29) is 0 Å². The number of allylic oxidation sites excluding steroid dienone is 2. The van der Waals surface area contributed by atoms with Crippen LogP contribution in [0.15, 0.2) is 11.1 Å². The Hall–Kier alpha value is 0.0300. The van der Waals surface area contributed by atoms with Gasteiger partial charge in [-0.05, 0) is 13.3 Å². The van der Waals surface area contributed by atoms with Crippen molar-refractivity contribution in [2.24, 2.45) is 0 Å². The average molecular weight is 119 g/mol. The summed E-state index contributed by atoms with van der Waals surface area (Å²) in [5, 5.41) is 0.904. The average Bonchev–Trinajstić information content (AvgIpc) is 1.61. The standard InChI is InChI=1S/C6H11Cl/c1-3-4-5-6(2)7/h5H,3-4H2,1-2H3. The molecule has 0 saturated heterocycles. The van der Waals surface area contributed by atoms with Gasteiger partial charge in [-0.1, -0.05) is 31.0 Å². The smallest absolute Gasteiger partial charge is 0.0110 e. The molecule has 0 amide bonds. The second-order valence-corrected chi connectivity index (χ2v) is 2.18. The summed E-state index contributed by atoms with van der Waals surface area (Å²) in [6.45, 7) is 4.04. The van der Waals surface area contributed by atoms with Gasteiger partial charge in [-0.15, -0.1) is 0 Å². The van der Waals surface area contributed by atoms with Gasteiger partial charge in [-0.2, -0.15) is 0 Å². The highest BCUT2D eigenvalue weighted by atomic mass is 35.5. The predicted octanol–water partition coefficient (Wildman–Crippen LogP) is 2.93. The summed E-state index contributed by atoms with van der Waals surface area (Å²) in [5.74, 6) is 0. The molecule has 0 unspecified atom stereocenters. The summed E-state index contributed by atoms with van der Waals surface area (Å²) < 4.78 is 0. The fourth-order valence-corrected chi connectivity index (χ4v) is 0.452. The van der Waals surface area contributed by atoms with E-state index in [0.717, 1.165) is 11.5 Å². The number of halogens is 1. The Morgan fingerprint density at radius 1 is 1.71 bits per heavy atom. The molecular formula is C6H11Cl. The van der Waals surface area contributed by atoms with Crippen LogP contribution in [-0.4, -0.2) is 0 Å². The van der Waals surface area contributed by atoms with Crippen LogP contribution in [0.2, 0.25) is 0 Å². The van der Waals surface area contributed by atoms with Crippen molar-refractivity contribution in [2.45, 2.75) is 26.7 Å². The first kappa shape index (κ1) is 7.03. The van der Waals surface area contributed by atoms with E-state index in [0.29, 0.717) is 0 Å². The largest absolute Gasteiger partial charge is 0.0898 e. The zero-order chi connectivity index (χ0) is 5.70. The van der Waals surface area contributed by atoms with E-state index in [9.17, 15) is 0 Å². The lowest BCUT2D eigenvalue weighted by atomic mass is 10.3. The predicted molar refractivity (Wildman–Crippen MR) is 34.5 cm³/mol. The van der Waals surface area contributed by atoms with Crippen molar-refractivity contribution in [2.75, 3.05) is 0 Å². The van der Waals surface area contributed by atoms with Gasteiger partial charge >= 0.3 is 0 Å². The van der Waals surface area contributed by atoms with Crippen molar-refractivity contribution in [1.29, 1.82) is 0 Å². The minimum absolute atomic E-state index is 0.904. The minimum atomic E-state index is 0.904. The monoisotopic (exact) mass is 118 g/mol. The van der Waals surface area contributed by atoms with E-state index in [1.807, 2.05) is 13.0 Å². The van der Waals surface area contributed by atoms with E-state index >= 15 is 0 Å². The summed E-state index contributed by atoms with van der Waals surface area (Å²) in [6.07, 6.45) is 4.32. The molecule has 0 atom stereocenters. The van der Waals surface area contributed by atoms with E-state index in [4.69, 9.17) is 11.6 Å². The van der Waals surface area contributed by atoms with Crippen molar-refractivity contribution in [1.82, 2.24) is 0 Å². The second kappa shape index (κ2) is 4.20. The van der Waals surface area contributed by atoms with E-state index in [1.54, 1.807) is 0 Å². The van der Waals surface area contributed by atoms with Crippen LogP contribution in [0.5, 0.6) is 0 Å². The fraction of sp³-hybridized carbons (Fsp3) is 0.667. The van der Waals surface area contributed by atoms with Gasteiger partial charge in [-0.3, -0.25) is 0 Å². The first-order valence-electron chi connectivity index (χ1n) is 2.59. The Balaban J connectivity index is 3.08. The number of hydrogen-bond acceptors (Lipinski definition) is 0. The van der Waals surface area contributed by atoms with Gasteiger partial charge in [0, 0.05) is 5.03 Å². The van der Waals surface area contributed by atoms with Crippen LogP contribution >= 0.6 is 11.6 Å². The fourth-order valence-electron chi connectivity index (χ4n) is 0.343. The van der Waals surface area contributed by atoms with E-state index in [1.165, 1.54) is 6.42 Å². The summed E-state index contributed by atoms with van der Waals surface area (Å²) in [4.78, 5) is 0. The lowest BCUT2D eigenvalue weighted by molar-refractivity contribution is 0.955. The SMILES string of the molecule is CCCC=C(C)Cl. The van der Waals surface area contributed by atoms with E-state index in [2.05, 4.69) is 6.92 Å². The van der Waals surface area contributed by atoms with Crippen molar-refractivity contribution in [3.8, 4) is 0 Å². The molecule has 0 rings (SSSR count). The van der Waals surface area contributed by atoms with Crippen LogP contribution in [-0.2, 0) is 0 Å². The molecule has 0 bridgehead atoms. The third-order valence-electron chi connectivity index (χ3n) is 0.714. The van der Waals surface area contributed by atoms with Gasteiger partial charge in [0.25, 0.3) is 0 Å². The topological polar surface area (TPSA) is 0 Å². The van der Waals surface area contributed by atoms with Gasteiger partial charge in [-0.25, -0.2) is 0 Å². The molecule has 0 nitrogen and oxygen atoms in total. The van der Waals surface area contributed by atoms with Crippen LogP contribution in [0, 0.1) is 0 Å². The molecule has 0 aromatic heterocycles. The van der Waals surface area contributed by atoms with Gasteiger partial charge in [0.1, 0.15) is 0 Å². The van der Waals surface area contributed by atoms with Crippen molar-refractivity contribution in [3.63, 3.8) is 0 Å². The van der Waals surface area contributed by atoms with Gasteiger partial charge < -0.3 is 0 Å². The lowest BCUT2D eigenvalue weighted by Crippen LogP contribution is -1.61. The molecule has 0 heterocycles. The molecule has 7 heavy (non-hydrogen) atoms. The molecule has 0 spiro atoms. The molecule has 1 heteroatoms. The maximum atomic E-state index is 5.52. The third-order valence-corrected chi connectivity index (χ3v) is 0.869. The van der Waals surface area contributed by atoms with Crippen molar-refractivity contribution < 1.29 is 0 Å². The number of hydrogen-bond donors (Lipinski definition) is 0. The van der Waals surface area contributed by atoms with Gasteiger partial charge in [0.15, 0.2) is 0 Å². The van der Waals surface area contributed by atoms with E-state index < -0.39 is 0 Å². The summed E-state index contributed by atoms with van der Waals surface area (Å²) in [7, 11) is 0. The molecule has 0 aromatic carbocycles. The first-order valence-corrected chi connectivity index (χ1v) is 2.97. The molecular weight excluding hydrogens is 108 g/mol. The highest BCUT2D eigenvalue weighted by molar-refractivity contribution is 6.29. The van der Waals surface area contributed by atoms with Crippen molar-refractivity contribution in [3.05, 3.63) is 11.1 Å². The summed E-state index contributed by atoms with van der Waals surface area (Å²) >= 11 is 5.52. The molecule has 42 valence electrons. The Morgan fingerprint density at radius 2 is 2.29 bits per heavy atom. The zero-order valence-electron chi connectivity index (χ0n) is 4.87. The maximum Gasteiger partial charge on any atom is 0.0110 e. The molecule has 0 aliphatic heterocycles. The Morgan fingerprint density at radius 3 is 2.43 bits per heavy atom. The van der Waals surface area contributed by atoms with Crippen LogP contribution in [0.3, 0.4) is 0 Å². The first-order chi connectivity index (χ1) is 3.27. The molecule has 0 N–H and O–H groups in total. The Kier molecular flexibility index (Phi) is 4.21. The quantitative estimate of drug-likeness (QED) is 0.523. The van der Waals surface area contributed by atoms with Crippen LogP contribution in [0.25, 0.3) is 0 Å². The third kappa shape index (κ3) is 6.03. The number of unbranched alkanes of at least 4 members (excludes halogenated alkanes) is 1. The number of rotatable bonds is 2. The molecule has 0 aliphatic carbocycles. The summed E-state index contributed by atoms with van der Waals surface area (Å²) in [5.41, 5.74) is 0. The van der Waals surface area contributed by atoms with Crippen LogP contribution in [0.4, 0.5) is 0 Å². The van der Waals surface area contributed by atoms with Crippen LogP contribution in [0.1, 0.15) is 26.7 Å². The zero-order valence-corrected chi connectivity index (χ0v) is 5.63. The normalized spacial score (nSPS) is 12.1. The molecule has 0 aliphatic rings.